The molecule has 1 aromatic carbocycles. The summed E-state index contributed by atoms with van der Waals surface area (Å²) in [6.07, 6.45) is 7.50. The van der Waals surface area contributed by atoms with E-state index in [2.05, 4.69) is 23.3 Å². The number of Topliss-reactive ketones (excluding diaryl/α,β-unsaturated/α-hetero) is 1. The van der Waals surface area contributed by atoms with Gasteiger partial charge in [-0.05, 0) is 77.0 Å². The van der Waals surface area contributed by atoms with Crippen molar-refractivity contribution in [1.82, 2.24) is 10.3 Å². The average molecular weight is 539 g/mol. The van der Waals surface area contributed by atoms with E-state index in [0.29, 0.717) is 30.7 Å². The molecule has 1 aliphatic heterocycles. The Morgan fingerprint density at radius 3 is 2.59 bits per heavy atom. The number of benzene rings is 1. The smallest absolute Gasteiger partial charge is 0.220 e. The number of ketones is 1. The Balaban J connectivity index is 1.93. The largest absolute Gasteiger partial charge is 0.441 e. The van der Waals surface area contributed by atoms with Gasteiger partial charge < -0.3 is 19.9 Å². The van der Waals surface area contributed by atoms with Gasteiger partial charge in [-0.15, -0.1) is 0 Å². The highest BCUT2D eigenvalue weighted by Crippen LogP contribution is 2.38. The van der Waals surface area contributed by atoms with Crippen molar-refractivity contribution < 1.29 is 24.2 Å². The van der Waals surface area contributed by atoms with E-state index in [1.807, 2.05) is 52.0 Å². The highest BCUT2D eigenvalue weighted by Gasteiger charge is 2.47. The zero-order valence-corrected chi connectivity index (χ0v) is 24.6. The van der Waals surface area contributed by atoms with E-state index < -0.39 is 23.0 Å². The number of carbonyl (C=O) groups excluding carboxylic acids is 2. The molecule has 1 amide bonds. The van der Waals surface area contributed by atoms with Crippen LogP contribution in [-0.2, 0) is 9.59 Å². The number of aromatic nitrogens is 1. The fourth-order valence-electron chi connectivity index (χ4n) is 5.33. The standard InChI is InChI=1S/C32H46N2O5/c1-20(2)11-14-25-30(36)31(6,7)18-17-29(35)34-26(24-13-16-28-27(19-24)33-23(5)39-28)15-12-21(3)9-8-10-22(4)32(25,37)38/h11-13,16,19,22,25-26,37-38H,8-10,14-15,17-18H2,1-7H3,(H,34,35). The average Bonchev–Trinajstić information content (AvgIpc) is 3.23. The van der Waals surface area contributed by atoms with Crippen LogP contribution in [0, 0.1) is 24.2 Å². The number of hydrogen-bond acceptors (Lipinski definition) is 6. The van der Waals surface area contributed by atoms with Crippen molar-refractivity contribution in [2.24, 2.45) is 17.3 Å². The molecule has 2 aromatic rings. The van der Waals surface area contributed by atoms with Gasteiger partial charge >= 0.3 is 0 Å². The van der Waals surface area contributed by atoms with Gasteiger partial charge in [0.05, 0.1) is 12.0 Å². The van der Waals surface area contributed by atoms with Gasteiger partial charge in [-0.25, -0.2) is 4.98 Å². The Morgan fingerprint density at radius 2 is 1.90 bits per heavy atom. The van der Waals surface area contributed by atoms with Crippen molar-refractivity contribution >= 4 is 22.8 Å². The molecular weight excluding hydrogens is 492 g/mol. The molecule has 3 unspecified atom stereocenters. The van der Waals surface area contributed by atoms with Gasteiger partial charge in [0.2, 0.25) is 5.91 Å². The monoisotopic (exact) mass is 538 g/mol. The minimum Gasteiger partial charge on any atom is -0.441 e. The first-order valence-corrected chi connectivity index (χ1v) is 14.1. The molecule has 0 saturated heterocycles. The van der Waals surface area contributed by atoms with Crippen molar-refractivity contribution in [2.75, 3.05) is 0 Å². The molecule has 1 aliphatic rings. The SMILES string of the molecule is CC(C)=CCC1C(=O)C(C)(C)CCC(=O)NC(c2ccc3oc(C)nc3c2)CC=C(C)CCCC(C)C1(O)O. The van der Waals surface area contributed by atoms with E-state index in [4.69, 9.17) is 4.42 Å². The van der Waals surface area contributed by atoms with E-state index in [0.717, 1.165) is 29.5 Å². The van der Waals surface area contributed by atoms with Crippen LogP contribution in [0.25, 0.3) is 11.1 Å². The Bertz CT molecular complexity index is 1230. The number of carbonyl (C=O) groups is 2. The summed E-state index contributed by atoms with van der Waals surface area (Å²) in [5, 5.41) is 25.7. The number of nitrogens with one attached hydrogen (secondary N) is 1. The second kappa shape index (κ2) is 12.6. The second-order valence-corrected chi connectivity index (χ2v) is 12.3. The fraction of sp³-hybridized carbons (Fsp3) is 0.594. The predicted molar refractivity (Wildman–Crippen MR) is 154 cm³/mol. The Kier molecular flexibility index (Phi) is 9.94. The first-order chi connectivity index (χ1) is 18.2. The highest BCUT2D eigenvalue weighted by atomic mass is 16.5. The molecule has 0 bridgehead atoms. The third-order valence-electron chi connectivity index (χ3n) is 8.13. The molecule has 0 saturated carbocycles. The quantitative estimate of drug-likeness (QED) is 0.305. The molecule has 3 rings (SSSR count). The lowest BCUT2D eigenvalue weighted by Crippen LogP contribution is -2.51. The molecule has 0 fully saturated rings. The van der Waals surface area contributed by atoms with Crippen molar-refractivity contribution in [3.63, 3.8) is 0 Å². The number of aryl methyl sites for hydroxylation is 1. The van der Waals surface area contributed by atoms with E-state index in [-0.39, 0.29) is 30.6 Å². The zero-order chi connectivity index (χ0) is 29.0. The molecule has 214 valence electrons. The van der Waals surface area contributed by atoms with Crippen LogP contribution in [0.3, 0.4) is 0 Å². The van der Waals surface area contributed by atoms with Gasteiger partial charge in [0.15, 0.2) is 17.3 Å². The van der Waals surface area contributed by atoms with Gasteiger partial charge in [0, 0.05) is 24.7 Å². The number of aliphatic hydroxyl groups is 2. The molecule has 1 aromatic heterocycles. The van der Waals surface area contributed by atoms with E-state index >= 15 is 0 Å². The number of oxazole rings is 1. The first kappa shape index (κ1) is 30.8. The van der Waals surface area contributed by atoms with Crippen LogP contribution >= 0.6 is 0 Å². The second-order valence-electron chi connectivity index (χ2n) is 12.3. The van der Waals surface area contributed by atoms with Crippen LogP contribution < -0.4 is 5.32 Å². The maximum atomic E-state index is 13.8. The van der Waals surface area contributed by atoms with Gasteiger partial charge in [0.1, 0.15) is 11.3 Å². The molecule has 7 nitrogen and oxygen atoms in total. The molecule has 2 heterocycles. The summed E-state index contributed by atoms with van der Waals surface area (Å²) in [4.78, 5) is 31.4. The van der Waals surface area contributed by atoms with Gasteiger partial charge in [-0.2, -0.15) is 0 Å². The number of nitrogens with zero attached hydrogens (tertiary/aromatic N) is 1. The number of hydrogen-bond donors (Lipinski definition) is 3. The van der Waals surface area contributed by atoms with Gasteiger partial charge in [0.25, 0.3) is 0 Å². The number of allylic oxidation sites excluding steroid dienone is 3. The summed E-state index contributed by atoms with van der Waals surface area (Å²) in [5.74, 6) is -3.38. The maximum absolute atomic E-state index is 13.8. The highest BCUT2D eigenvalue weighted by molar-refractivity contribution is 5.88. The molecule has 0 radical (unpaired) electrons. The predicted octanol–water partition coefficient (Wildman–Crippen LogP) is 6.48. The van der Waals surface area contributed by atoms with Gasteiger partial charge in [-0.3, -0.25) is 9.59 Å². The fourth-order valence-corrected chi connectivity index (χ4v) is 5.33. The molecule has 3 N–H and O–H groups in total. The lowest BCUT2D eigenvalue weighted by atomic mass is 9.70. The molecule has 0 spiro atoms. The van der Waals surface area contributed by atoms with E-state index in [1.54, 1.807) is 13.8 Å². The third kappa shape index (κ3) is 7.89. The lowest BCUT2D eigenvalue weighted by Gasteiger charge is -2.39. The summed E-state index contributed by atoms with van der Waals surface area (Å²) < 4.78 is 5.62. The van der Waals surface area contributed by atoms with Crippen molar-refractivity contribution in [3.8, 4) is 0 Å². The number of amides is 1. The third-order valence-corrected chi connectivity index (χ3v) is 8.13. The molecule has 39 heavy (non-hydrogen) atoms. The van der Waals surface area contributed by atoms with Gasteiger partial charge in [-0.1, -0.05) is 50.1 Å². The summed E-state index contributed by atoms with van der Waals surface area (Å²) in [6, 6.07) is 5.57. The van der Waals surface area contributed by atoms with Crippen LogP contribution in [0.2, 0.25) is 0 Å². The topological polar surface area (TPSA) is 113 Å². The minimum absolute atomic E-state index is 0.149. The van der Waals surface area contributed by atoms with Crippen LogP contribution in [0.1, 0.15) is 104 Å². The normalized spacial score (nSPS) is 25.2. The van der Waals surface area contributed by atoms with Crippen LogP contribution in [0.5, 0.6) is 0 Å². The zero-order valence-electron chi connectivity index (χ0n) is 24.6. The Morgan fingerprint density at radius 1 is 1.18 bits per heavy atom. The molecular formula is C32H46N2O5. The minimum atomic E-state index is -2.14. The first-order valence-electron chi connectivity index (χ1n) is 14.1. The van der Waals surface area contributed by atoms with Crippen molar-refractivity contribution in [1.29, 1.82) is 0 Å². The van der Waals surface area contributed by atoms with E-state index in [1.165, 1.54) is 5.57 Å². The summed E-state index contributed by atoms with van der Waals surface area (Å²) in [5.41, 5.74) is 3.70. The Labute approximate surface area is 232 Å². The van der Waals surface area contributed by atoms with Crippen LogP contribution in [-0.4, -0.2) is 32.7 Å². The van der Waals surface area contributed by atoms with Crippen molar-refractivity contribution in [3.05, 3.63) is 53.0 Å². The van der Waals surface area contributed by atoms with Crippen molar-refractivity contribution in [2.45, 2.75) is 105 Å². The number of rotatable bonds is 3. The maximum Gasteiger partial charge on any atom is 0.220 e. The summed E-state index contributed by atoms with van der Waals surface area (Å²) >= 11 is 0. The van der Waals surface area contributed by atoms with Crippen LogP contribution in [0.15, 0.2) is 45.9 Å². The van der Waals surface area contributed by atoms with Crippen LogP contribution in [0.4, 0.5) is 0 Å². The summed E-state index contributed by atoms with van der Waals surface area (Å²) in [6.45, 7) is 13.1. The summed E-state index contributed by atoms with van der Waals surface area (Å²) in [7, 11) is 0. The lowest BCUT2D eigenvalue weighted by molar-refractivity contribution is -0.233. The van der Waals surface area contributed by atoms with E-state index in [9.17, 15) is 19.8 Å². The molecule has 7 heteroatoms. The molecule has 0 aliphatic carbocycles. The molecule has 3 atom stereocenters. The Hall–Kier alpha value is -2.77. The number of fused-ring (bicyclic) bond motifs is 1.